The molecule has 0 bridgehead atoms. The lowest BCUT2D eigenvalue weighted by atomic mass is 10.1. The monoisotopic (exact) mass is 407 g/mol. The molecule has 0 aromatic heterocycles. The number of amides is 2. The number of benzene rings is 1. The number of sulfonamides is 1. The van der Waals surface area contributed by atoms with Crippen LogP contribution in [0.4, 0.5) is 5.69 Å². The fourth-order valence-corrected chi connectivity index (χ4v) is 5.13. The minimum atomic E-state index is -3.46. The molecule has 1 aromatic carbocycles. The van der Waals surface area contributed by atoms with Gasteiger partial charge in [-0.25, -0.2) is 8.42 Å². The summed E-state index contributed by atoms with van der Waals surface area (Å²) in [5, 5.41) is 2.81. The van der Waals surface area contributed by atoms with E-state index in [4.69, 9.17) is 0 Å². The minimum absolute atomic E-state index is 0.0212. The maximum Gasteiger partial charge on any atom is 0.243 e. The van der Waals surface area contributed by atoms with E-state index in [0.717, 1.165) is 19.3 Å². The summed E-state index contributed by atoms with van der Waals surface area (Å²) < 4.78 is 26.6. The maximum atomic E-state index is 12.6. The average Bonchev–Trinajstić information content (AvgIpc) is 3.31. The van der Waals surface area contributed by atoms with Gasteiger partial charge in [-0.05, 0) is 49.4 Å². The van der Waals surface area contributed by atoms with Crippen molar-refractivity contribution in [2.24, 2.45) is 11.8 Å². The molecular weight excluding hydrogens is 378 g/mol. The topological polar surface area (TPSA) is 86.8 Å². The van der Waals surface area contributed by atoms with Crippen LogP contribution in [0.1, 0.15) is 39.5 Å². The quantitative estimate of drug-likeness (QED) is 0.751. The number of hydrogen-bond donors (Lipinski definition) is 1. The number of likely N-dealkylation sites (tertiary alicyclic amines) is 1. The van der Waals surface area contributed by atoms with Gasteiger partial charge in [-0.15, -0.1) is 0 Å². The van der Waals surface area contributed by atoms with Crippen LogP contribution >= 0.6 is 0 Å². The molecule has 0 saturated carbocycles. The highest BCUT2D eigenvalue weighted by Gasteiger charge is 2.34. The molecule has 2 fully saturated rings. The van der Waals surface area contributed by atoms with Crippen LogP contribution in [0, 0.1) is 11.8 Å². The molecule has 2 aliphatic rings. The minimum Gasteiger partial charge on any atom is -0.342 e. The largest absolute Gasteiger partial charge is 0.342 e. The summed E-state index contributed by atoms with van der Waals surface area (Å²) in [5.74, 6) is -0.0351. The lowest BCUT2D eigenvalue weighted by molar-refractivity contribution is -0.128. The Morgan fingerprint density at radius 2 is 1.82 bits per heavy atom. The maximum absolute atomic E-state index is 12.6. The molecule has 8 heteroatoms. The van der Waals surface area contributed by atoms with Gasteiger partial charge in [0.05, 0.1) is 10.8 Å². The van der Waals surface area contributed by atoms with Crippen molar-refractivity contribution in [2.45, 2.75) is 44.4 Å². The van der Waals surface area contributed by atoms with E-state index in [1.807, 2.05) is 0 Å². The molecule has 7 nitrogen and oxygen atoms in total. The summed E-state index contributed by atoms with van der Waals surface area (Å²) in [6.07, 6.45) is 2.93. The standard InChI is InChI=1S/C20H29N3O4S/c1-15(2)9-12-22-14-16(13-19(22)24)20(25)21-17-5-7-18(8-6-17)28(26,27)23-10-3-4-11-23/h5-8,15-16H,3-4,9-14H2,1-2H3,(H,21,25)/t16-/m0/s1. The van der Waals surface area contributed by atoms with Gasteiger partial charge in [0, 0.05) is 38.3 Å². The number of nitrogens with zero attached hydrogens (tertiary/aromatic N) is 2. The molecule has 1 aromatic rings. The van der Waals surface area contributed by atoms with Gasteiger partial charge in [0.15, 0.2) is 0 Å². The first-order valence-electron chi connectivity index (χ1n) is 9.96. The highest BCUT2D eigenvalue weighted by Crippen LogP contribution is 2.24. The summed E-state index contributed by atoms with van der Waals surface area (Å²) >= 11 is 0. The zero-order valence-electron chi connectivity index (χ0n) is 16.6. The predicted molar refractivity (Wildman–Crippen MR) is 107 cm³/mol. The van der Waals surface area contributed by atoms with Crippen LogP contribution in [0.5, 0.6) is 0 Å². The molecule has 0 radical (unpaired) electrons. The molecule has 0 unspecified atom stereocenters. The first-order chi connectivity index (χ1) is 13.3. The lowest BCUT2D eigenvalue weighted by Gasteiger charge is -2.18. The number of carbonyl (C=O) groups is 2. The van der Waals surface area contributed by atoms with Crippen molar-refractivity contribution in [1.29, 1.82) is 0 Å². The molecule has 2 heterocycles. The van der Waals surface area contributed by atoms with Crippen LogP contribution in [0.2, 0.25) is 0 Å². The van der Waals surface area contributed by atoms with E-state index >= 15 is 0 Å². The highest BCUT2D eigenvalue weighted by atomic mass is 32.2. The highest BCUT2D eigenvalue weighted by molar-refractivity contribution is 7.89. The Morgan fingerprint density at radius 3 is 2.43 bits per heavy atom. The van der Waals surface area contributed by atoms with E-state index in [0.29, 0.717) is 37.8 Å². The molecule has 3 rings (SSSR count). The van der Waals surface area contributed by atoms with Crippen molar-refractivity contribution >= 4 is 27.5 Å². The van der Waals surface area contributed by atoms with Gasteiger partial charge >= 0.3 is 0 Å². The van der Waals surface area contributed by atoms with Crippen molar-refractivity contribution in [3.8, 4) is 0 Å². The van der Waals surface area contributed by atoms with Gasteiger partial charge in [0.1, 0.15) is 0 Å². The Hall–Kier alpha value is -1.93. The van der Waals surface area contributed by atoms with Crippen LogP contribution in [0.3, 0.4) is 0 Å². The summed E-state index contributed by atoms with van der Waals surface area (Å²) in [6.45, 7) is 6.46. The summed E-state index contributed by atoms with van der Waals surface area (Å²) in [6, 6.07) is 6.26. The van der Waals surface area contributed by atoms with Crippen LogP contribution in [0.15, 0.2) is 29.2 Å². The third kappa shape index (κ3) is 4.72. The van der Waals surface area contributed by atoms with Crippen LogP contribution < -0.4 is 5.32 Å². The zero-order valence-corrected chi connectivity index (χ0v) is 17.4. The smallest absolute Gasteiger partial charge is 0.243 e. The summed E-state index contributed by atoms with van der Waals surface area (Å²) in [4.78, 5) is 26.6. The molecule has 0 spiro atoms. The number of carbonyl (C=O) groups excluding carboxylic acids is 2. The lowest BCUT2D eigenvalue weighted by Crippen LogP contribution is -2.29. The fourth-order valence-electron chi connectivity index (χ4n) is 3.61. The van der Waals surface area contributed by atoms with Crippen LogP contribution in [-0.2, 0) is 19.6 Å². The fraction of sp³-hybridized carbons (Fsp3) is 0.600. The van der Waals surface area contributed by atoms with Gasteiger partial charge < -0.3 is 10.2 Å². The Bertz CT molecular complexity index is 814. The van der Waals surface area contributed by atoms with E-state index in [1.54, 1.807) is 17.0 Å². The van der Waals surface area contributed by atoms with Crippen molar-refractivity contribution < 1.29 is 18.0 Å². The van der Waals surface area contributed by atoms with Crippen molar-refractivity contribution in [3.05, 3.63) is 24.3 Å². The second-order valence-corrected chi connectivity index (χ2v) is 9.99. The first-order valence-corrected chi connectivity index (χ1v) is 11.4. The Morgan fingerprint density at radius 1 is 1.18 bits per heavy atom. The number of anilines is 1. The van der Waals surface area contributed by atoms with Crippen molar-refractivity contribution in [2.75, 3.05) is 31.5 Å². The molecule has 2 aliphatic heterocycles. The number of hydrogen-bond acceptors (Lipinski definition) is 4. The van der Waals surface area contributed by atoms with Crippen LogP contribution in [0.25, 0.3) is 0 Å². The van der Waals surface area contributed by atoms with Crippen molar-refractivity contribution in [1.82, 2.24) is 9.21 Å². The van der Waals surface area contributed by atoms with Gasteiger partial charge in [-0.1, -0.05) is 13.8 Å². The predicted octanol–water partition coefficient (Wildman–Crippen LogP) is 2.30. The van der Waals surface area contributed by atoms with E-state index < -0.39 is 10.0 Å². The molecule has 1 atom stereocenters. The van der Waals surface area contributed by atoms with E-state index in [9.17, 15) is 18.0 Å². The van der Waals surface area contributed by atoms with E-state index in [1.165, 1.54) is 16.4 Å². The molecule has 154 valence electrons. The second kappa shape index (κ2) is 8.61. The average molecular weight is 408 g/mol. The number of nitrogens with one attached hydrogen (secondary N) is 1. The SMILES string of the molecule is CC(C)CCN1C[C@@H](C(=O)Nc2ccc(S(=O)(=O)N3CCCC3)cc2)CC1=O. The third-order valence-electron chi connectivity index (χ3n) is 5.39. The van der Waals surface area contributed by atoms with Crippen LogP contribution in [-0.4, -0.2) is 55.6 Å². The van der Waals surface area contributed by atoms with Gasteiger partial charge in [-0.3, -0.25) is 9.59 Å². The normalized spacial score (nSPS) is 20.9. The van der Waals surface area contributed by atoms with Gasteiger partial charge in [0.25, 0.3) is 0 Å². The zero-order chi connectivity index (χ0) is 20.3. The molecule has 28 heavy (non-hydrogen) atoms. The molecule has 2 saturated heterocycles. The number of rotatable bonds is 7. The van der Waals surface area contributed by atoms with Gasteiger partial charge in [-0.2, -0.15) is 4.31 Å². The summed E-state index contributed by atoms with van der Waals surface area (Å²) in [7, 11) is -3.46. The molecule has 0 aliphatic carbocycles. The molecule has 2 amide bonds. The summed E-state index contributed by atoms with van der Waals surface area (Å²) in [5.41, 5.74) is 0.540. The second-order valence-electron chi connectivity index (χ2n) is 8.05. The van der Waals surface area contributed by atoms with Gasteiger partial charge in [0.2, 0.25) is 21.8 Å². The van der Waals surface area contributed by atoms with E-state index in [-0.39, 0.29) is 29.0 Å². The Labute approximate surface area is 167 Å². The van der Waals surface area contributed by atoms with E-state index in [2.05, 4.69) is 19.2 Å². The Kier molecular flexibility index (Phi) is 6.40. The Balaban J connectivity index is 1.58. The molecule has 1 N–H and O–H groups in total. The van der Waals surface area contributed by atoms with Crippen molar-refractivity contribution in [3.63, 3.8) is 0 Å². The third-order valence-corrected chi connectivity index (χ3v) is 7.30. The first kappa shape index (κ1) is 20.8. The molecular formula is C20H29N3O4S.